The summed E-state index contributed by atoms with van der Waals surface area (Å²) < 4.78 is 32.0. The van der Waals surface area contributed by atoms with Gasteiger partial charge in [-0.1, -0.05) is 6.07 Å². The molecule has 3 aromatic rings. The zero-order chi connectivity index (χ0) is 26.6. The maximum atomic E-state index is 14.0. The number of aromatic nitrogens is 3. The van der Waals surface area contributed by atoms with Crippen molar-refractivity contribution in [1.82, 2.24) is 15.0 Å². The number of benzene rings is 1. The van der Waals surface area contributed by atoms with Crippen LogP contribution in [-0.2, 0) is 11.2 Å². The van der Waals surface area contributed by atoms with Crippen LogP contribution in [0.15, 0.2) is 30.5 Å². The Balaban J connectivity index is 0.000000572. The molecule has 37 heavy (non-hydrogen) atoms. The molecule has 0 radical (unpaired) electrons. The first-order chi connectivity index (χ1) is 17.6. The van der Waals surface area contributed by atoms with Crippen molar-refractivity contribution in [3.8, 4) is 0 Å². The maximum absolute atomic E-state index is 14.0. The quantitative estimate of drug-likeness (QED) is 0.468. The summed E-state index contributed by atoms with van der Waals surface area (Å²) in [6, 6.07) is 5.31. The Kier molecular flexibility index (Phi) is 8.51. The summed E-state index contributed by atoms with van der Waals surface area (Å²) in [7, 11) is 0. The molecular formula is C27H35F2N5O3. The van der Waals surface area contributed by atoms with Crippen LogP contribution in [-0.4, -0.2) is 57.1 Å². The minimum atomic E-state index is -1.35. The Morgan fingerprint density at radius 2 is 1.81 bits per heavy atom. The number of aliphatic hydroxyl groups excluding tert-OH is 1. The van der Waals surface area contributed by atoms with E-state index in [-0.39, 0.29) is 11.7 Å². The molecular weight excluding hydrogens is 480 g/mol. The molecule has 2 aromatic heterocycles. The monoisotopic (exact) mass is 515 g/mol. The highest BCUT2D eigenvalue weighted by atomic mass is 19.1. The second kappa shape index (κ2) is 11.6. The Labute approximate surface area is 215 Å². The van der Waals surface area contributed by atoms with E-state index in [1.807, 2.05) is 0 Å². The number of hydrogen-bond donors (Lipinski definition) is 3. The van der Waals surface area contributed by atoms with Gasteiger partial charge in [-0.25, -0.2) is 18.7 Å². The van der Waals surface area contributed by atoms with Gasteiger partial charge in [0, 0.05) is 32.4 Å². The summed E-state index contributed by atoms with van der Waals surface area (Å²) in [5.41, 5.74) is 6.69. The number of nitrogens with two attached hydrogens (primary N) is 1. The molecule has 5 rings (SSSR count). The molecule has 2 aliphatic rings. The second-order valence-electron chi connectivity index (χ2n) is 10.3. The van der Waals surface area contributed by atoms with Crippen molar-refractivity contribution in [2.45, 2.75) is 57.7 Å². The summed E-state index contributed by atoms with van der Waals surface area (Å²) in [5, 5.41) is 20.3. The maximum Gasteiger partial charge on any atom is 0.172 e. The van der Waals surface area contributed by atoms with Crippen LogP contribution >= 0.6 is 0 Å². The lowest BCUT2D eigenvalue weighted by atomic mass is 9.90. The molecule has 0 amide bonds. The van der Waals surface area contributed by atoms with Crippen molar-refractivity contribution in [2.75, 3.05) is 36.9 Å². The van der Waals surface area contributed by atoms with E-state index in [1.165, 1.54) is 45.0 Å². The molecule has 0 bridgehead atoms. The van der Waals surface area contributed by atoms with Gasteiger partial charge < -0.3 is 25.6 Å². The number of halogens is 2. The second-order valence-corrected chi connectivity index (χ2v) is 10.3. The van der Waals surface area contributed by atoms with Crippen LogP contribution < -0.4 is 10.6 Å². The molecule has 2 fully saturated rings. The number of hydrogen-bond acceptors (Lipinski definition) is 8. The fourth-order valence-corrected chi connectivity index (χ4v) is 4.58. The molecule has 1 atom stereocenters. The molecule has 0 spiro atoms. The minimum Gasteiger partial charge on any atom is -0.387 e. The number of fused-ring (bicyclic) bond motifs is 1. The van der Waals surface area contributed by atoms with Crippen LogP contribution in [0.5, 0.6) is 0 Å². The van der Waals surface area contributed by atoms with Gasteiger partial charge in [-0.15, -0.1) is 0 Å². The molecule has 2 aliphatic heterocycles. The predicted molar refractivity (Wildman–Crippen MR) is 138 cm³/mol. The summed E-state index contributed by atoms with van der Waals surface area (Å²) in [5.74, 6) is 0.0617. The third kappa shape index (κ3) is 6.88. The van der Waals surface area contributed by atoms with Crippen LogP contribution in [0.4, 0.5) is 20.4 Å². The van der Waals surface area contributed by atoms with Crippen molar-refractivity contribution in [1.29, 1.82) is 0 Å². The zero-order valence-corrected chi connectivity index (χ0v) is 21.3. The molecule has 1 unspecified atom stereocenters. The highest BCUT2D eigenvalue weighted by Gasteiger charge is 2.28. The molecule has 8 nitrogen and oxygen atoms in total. The Hall–Kier alpha value is -2.95. The van der Waals surface area contributed by atoms with Gasteiger partial charge in [-0.2, -0.15) is 0 Å². The zero-order valence-electron chi connectivity index (χ0n) is 21.3. The van der Waals surface area contributed by atoms with Crippen LogP contribution in [0.25, 0.3) is 11.0 Å². The van der Waals surface area contributed by atoms with Crippen LogP contribution in [0.1, 0.15) is 56.9 Å². The molecule has 0 saturated carbocycles. The van der Waals surface area contributed by atoms with Gasteiger partial charge in [0.2, 0.25) is 0 Å². The van der Waals surface area contributed by atoms with Crippen LogP contribution in [0, 0.1) is 17.6 Å². The largest absolute Gasteiger partial charge is 0.387 e. The average molecular weight is 516 g/mol. The van der Waals surface area contributed by atoms with Gasteiger partial charge >= 0.3 is 0 Å². The highest BCUT2D eigenvalue weighted by molar-refractivity contribution is 5.79. The SMILES string of the molecule is C1CCOC1.CC(C)(O)C(O)c1cc2nc(N)c(N3CCC(Cc4ccc(F)cc4F)CC3)nc2cn1. The first kappa shape index (κ1) is 27.1. The molecule has 10 heteroatoms. The standard InChI is InChI=1S/C23H27F2N5O2.C4H8O/c1-23(2,32)20(31)18-11-17-19(12-27-18)29-22(21(26)28-17)30-7-5-13(6-8-30)9-14-3-4-15(24)10-16(14)25;1-2-4-5-3-1/h3-4,10-13,20,31-32H,5-9H2,1-2H3,(H2,26,28);1-4H2. The fraction of sp³-hybridized carbons (Fsp3) is 0.519. The van der Waals surface area contributed by atoms with Gasteiger partial charge in [-0.05, 0) is 69.6 Å². The lowest BCUT2D eigenvalue weighted by Crippen LogP contribution is -2.35. The van der Waals surface area contributed by atoms with Crippen LogP contribution in [0.3, 0.4) is 0 Å². The lowest BCUT2D eigenvalue weighted by molar-refractivity contribution is -0.0516. The summed E-state index contributed by atoms with van der Waals surface area (Å²) in [6.07, 6.45) is 5.12. The van der Waals surface area contributed by atoms with E-state index >= 15 is 0 Å². The first-order valence-corrected chi connectivity index (χ1v) is 12.7. The van der Waals surface area contributed by atoms with E-state index in [9.17, 15) is 19.0 Å². The smallest absolute Gasteiger partial charge is 0.172 e. The molecule has 4 heterocycles. The number of pyridine rings is 1. The summed E-state index contributed by atoms with van der Waals surface area (Å²) in [6.45, 7) is 6.39. The van der Waals surface area contributed by atoms with E-state index < -0.39 is 23.3 Å². The van der Waals surface area contributed by atoms with Crippen molar-refractivity contribution >= 4 is 22.7 Å². The van der Waals surface area contributed by atoms with Gasteiger partial charge in [0.25, 0.3) is 0 Å². The number of nitrogens with zero attached hydrogens (tertiary/aromatic N) is 4. The number of rotatable bonds is 5. The summed E-state index contributed by atoms with van der Waals surface area (Å²) >= 11 is 0. The minimum absolute atomic E-state index is 0.274. The van der Waals surface area contributed by atoms with Crippen molar-refractivity contribution in [3.05, 3.63) is 53.4 Å². The number of piperidine rings is 1. The summed E-state index contributed by atoms with van der Waals surface area (Å²) in [4.78, 5) is 15.3. The van der Waals surface area contributed by atoms with E-state index in [0.29, 0.717) is 47.6 Å². The van der Waals surface area contributed by atoms with E-state index in [2.05, 4.69) is 19.9 Å². The molecule has 200 valence electrons. The molecule has 1 aromatic carbocycles. The lowest BCUT2D eigenvalue weighted by Gasteiger charge is -2.33. The van der Waals surface area contributed by atoms with Gasteiger partial charge in [0.15, 0.2) is 11.6 Å². The third-order valence-electron chi connectivity index (χ3n) is 6.79. The van der Waals surface area contributed by atoms with Crippen molar-refractivity contribution in [2.24, 2.45) is 5.92 Å². The van der Waals surface area contributed by atoms with Gasteiger partial charge in [0.05, 0.1) is 23.0 Å². The Morgan fingerprint density at radius 1 is 1.11 bits per heavy atom. The van der Waals surface area contributed by atoms with E-state index in [1.54, 1.807) is 6.07 Å². The Bertz CT molecular complexity index is 1200. The number of aliphatic hydroxyl groups is 2. The average Bonchev–Trinajstić information content (AvgIpc) is 3.45. The van der Waals surface area contributed by atoms with E-state index in [4.69, 9.17) is 10.5 Å². The number of anilines is 2. The third-order valence-corrected chi connectivity index (χ3v) is 6.79. The van der Waals surface area contributed by atoms with Gasteiger partial charge in [0.1, 0.15) is 23.3 Å². The van der Waals surface area contributed by atoms with Gasteiger partial charge in [-0.3, -0.25) is 4.98 Å². The Morgan fingerprint density at radius 3 is 2.41 bits per heavy atom. The fourth-order valence-electron chi connectivity index (χ4n) is 4.58. The molecule has 0 aliphatic carbocycles. The highest BCUT2D eigenvalue weighted by Crippen LogP contribution is 2.30. The topological polar surface area (TPSA) is 118 Å². The van der Waals surface area contributed by atoms with Crippen molar-refractivity contribution < 1.29 is 23.7 Å². The predicted octanol–water partition coefficient (Wildman–Crippen LogP) is 3.95. The number of ether oxygens (including phenoxy) is 1. The number of nitrogen functional groups attached to an aromatic ring is 1. The molecule has 4 N–H and O–H groups in total. The first-order valence-electron chi connectivity index (χ1n) is 12.7. The normalized spacial score (nSPS) is 17.5. The van der Waals surface area contributed by atoms with Crippen LogP contribution in [0.2, 0.25) is 0 Å². The van der Waals surface area contributed by atoms with Crippen molar-refractivity contribution in [3.63, 3.8) is 0 Å². The van der Waals surface area contributed by atoms with E-state index in [0.717, 1.165) is 32.1 Å². The molecule has 2 saturated heterocycles.